The van der Waals surface area contributed by atoms with Crippen LogP contribution < -0.4 is 10.6 Å². The van der Waals surface area contributed by atoms with E-state index in [-0.39, 0.29) is 36.5 Å². The van der Waals surface area contributed by atoms with Crippen molar-refractivity contribution < 1.29 is 4.79 Å². The number of nitrogens with two attached hydrogens (primary N) is 1. The van der Waals surface area contributed by atoms with Crippen molar-refractivity contribution in [2.45, 2.75) is 19.8 Å². The Bertz CT molecular complexity index is 926. The number of halogens is 2. The highest BCUT2D eigenvalue weighted by atomic mass is 35.5. The molecule has 0 unspecified atom stereocenters. The van der Waals surface area contributed by atoms with Gasteiger partial charge in [-0.2, -0.15) is 4.98 Å². The predicted molar refractivity (Wildman–Crippen MR) is 101 cm³/mol. The zero-order valence-electron chi connectivity index (χ0n) is 13.5. The number of hydrogen-bond donors (Lipinski definition) is 1. The maximum atomic E-state index is 12.9. The van der Waals surface area contributed by atoms with Gasteiger partial charge in [0.15, 0.2) is 0 Å². The Morgan fingerprint density at radius 3 is 2.80 bits per heavy atom. The molecule has 0 atom stereocenters. The summed E-state index contributed by atoms with van der Waals surface area (Å²) in [6, 6.07) is 7.47. The third-order valence-corrected chi connectivity index (χ3v) is 4.15. The predicted octanol–water partition coefficient (Wildman–Crippen LogP) is 2.45. The van der Waals surface area contributed by atoms with Crippen LogP contribution in [0.3, 0.4) is 0 Å². The van der Waals surface area contributed by atoms with Crippen molar-refractivity contribution in [3.63, 3.8) is 0 Å². The minimum atomic E-state index is -0.221. The number of fused-ring (bicyclic) bond motifs is 2. The molecule has 2 aromatic heterocycles. The number of carbonyl (C=O) groups excluding carboxylic acids is 1. The lowest BCUT2D eigenvalue weighted by molar-refractivity contribution is 0.0975. The van der Waals surface area contributed by atoms with E-state index in [0.717, 1.165) is 35.5 Å². The molecule has 3 heterocycles. The van der Waals surface area contributed by atoms with Crippen LogP contribution in [0.5, 0.6) is 0 Å². The van der Waals surface area contributed by atoms with Gasteiger partial charge in [-0.05, 0) is 43.5 Å². The summed E-state index contributed by atoms with van der Waals surface area (Å²) in [6.45, 7) is 2.53. The topological polar surface area (TPSA) is 89.4 Å². The molecule has 0 saturated carbocycles. The van der Waals surface area contributed by atoms with Gasteiger partial charge >= 0.3 is 0 Å². The summed E-state index contributed by atoms with van der Waals surface area (Å²) in [7, 11) is 0. The number of carbonyl (C=O) groups is 1. The molecule has 0 radical (unpaired) electrons. The Hall–Kier alpha value is -2.38. The van der Waals surface area contributed by atoms with Crippen LogP contribution in [-0.4, -0.2) is 32.0 Å². The number of aromatic nitrogens is 4. The van der Waals surface area contributed by atoms with E-state index < -0.39 is 0 Å². The van der Waals surface area contributed by atoms with E-state index in [0.29, 0.717) is 12.3 Å². The van der Waals surface area contributed by atoms with E-state index in [4.69, 9.17) is 5.73 Å². The fourth-order valence-electron chi connectivity index (χ4n) is 2.98. The molecule has 4 rings (SSSR count). The lowest BCUT2D eigenvalue weighted by atomic mass is 10.00. The third kappa shape index (κ3) is 3.12. The minimum Gasteiger partial charge on any atom is -0.398 e. The molecule has 1 aromatic carbocycles. The third-order valence-electron chi connectivity index (χ3n) is 4.15. The van der Waals surface area contributed by atoms with E-state index >= 15 is 0 Å². The zero-order valence-corrected chi connectivity index (χ0v) is 15.2. The van der Waals surface area contributed by atoms with Crippen LogP contribution in [0.4, 0.5) is 11.4 Å². The second-order valence-corrected chi connectivity index (χ2v) is 5.64. The van der Waals surface area contributed by atoms with Crippen molar-refractivity contribution in [1.82, 2.24) is 19.6 Å². The SMILES string of the molecule is Cc1ccnc2nc(C(=O)N3CCCc4c(N)cccc43)nn12.Cl.Cl. The number of anilines is 2. The molecule has 132 valence electrons. The van der Waals surface area contributed by atoms with Gasteiger partial charge < -0.3 is 10.6 Å². The van der Waals surface area contributed by atoms with Crippen molar-refractivity contribution in [3.05, 3.63) is 47.5 Å². The molecule has 2 N–H and O–H groups in total. The van der Waals surface area contributed by atoms with Crippen LogP contribution >= 0.6 is 24.8 Å². The minimum absolute atomic E-state index is 0. The molecule has 0 spiro atoms. The first-order valence-corrected chi connectivity index (χ1v) is 7.53. The maximum absolute atomic E-state index is 12.9. The van der Waals surface area contributed by atoms with Crippen molar-refractivity contribution in [3.8, 4) is 0 Å². The first-order valence-electron chi connectivity index (χ1n) is 7.53. The van der Waals surface area contributed by atoms with E-state index in [1.807, 2.05) is 31.2 Å². The first-order chi connectivity index (χ1) is 11.1. The van der Waals surface area contributed by atoms with Crippen LogP contribution in [0.2, 0.25) is 0 Å². The molecular formula is C16H18Cl2N6O. The molecular weight excluding hydrogens is 363 g/mol. The largest absolute Gasteiger partial charge is 0.398 e. The number of aryl methyl sites for hydroxylation is 1. The van der Waals surface area contributed by atoms with E-state index in [1.165, 1.54) is 0 Å². The van der Waals surface area contributed by atoms with Gasteiger partial charge in [-0.25, -0.2) is 9.50 Å². The Balaban J connectivity index is 0.00000113. The molecule has 1 aliphatic heterocycles. The van der Waals surface area contributed by atoms with Gasteiger partial charge in [0.05, 0.1) is 0 Å². The monoisotopic (exact) mass is 380 g/mol. The highest BCUT2D eigenvalue weighted by Crippen LogP contribution is 2.31. The summed E-state index contributed by atoms with van der Waals surface area (Å²) in [5, 5.41) is 4.30. The lowest BCUT2D eigenvalue weighted by Crippen LogP contribution is -2.36. The van der Waals surface area contributed by atoms with Crippen molar-refractivity contribution in [2.75, 3.05) is 17.2 Å². The van der Waals surface area contributed by atoms with Crippen LogP contribution in [0.25, 0.3) is 5.78 Å². The van der Waals surface area contributed by atoms with Gasteiger partial charge in [0, 0.05) is 29.8 Å². The van der Waals surface area contributed by atoms with Crippen LogP contribution in [0.15, 0.2) is 30.5 Å². The number of benzene rings is 1. The Morgan fingerprint density at radius 1 is 1.24 bits per heavy atom. The number of rotatable bonds is 1. The van der Waals surface area contributed by atoms with Crippen LogP contribution in [0, 0.1) is 6.92 Å². The van der Waals surface area contributed by atoms with Gasteiger partial charge in [0.1, 0.15) is 0 Å². The molecule has 0 fully saturated rings. The number of nitrogens with zero attached hydrogens (tertiary/aromatic N) is 5. The summed E-state index contributed by atoms with van der Waals surface area (Å²) in [5.41, 5.74) is 9.51. The number of amides is 1. The molecule has 0 saturated heterocycles. The van der Waals surface area contributed by atoms with Crippen LogP contribution in [0.1, 0.15) is 28.3 Å². The highest BCUT2D eigenvalue weighted by Gasteiger charge is 2.27. The normalized spacial score (nSPS) is 12.9. The van der Waals surface area contributed by atoms with Gasteiger partial charge in [-0.3, -0.25) is 4.79 Å². The fourth-order valence-corrected chi connectivity index (χ4v) is 2.98. The van der Waals surface area contributed by atoms with Gasteiger partial charge in [0.2, 0.25) is 5.82 Å². The van der Waals surface area contributed by atoms with E-state index in [9.17, 15) is 4.79 Å². The molecule has 25 heavy (non-hydrogen) atoms. The maximum Gasteiger partial charge on any atom is 0.298 e. The molecule has 1 amide bonds. The standard InChI is InChI=1S/C16H16N6O.2ClH/c1-10-7-8-18-16-19-14(20-22(10)16)15(23)21-9-3-4-11-12(17)5-2-6-13(11)21;;/h2,5-8H,3-4,9,17H2,1H3;2*1H. The molecule has 1 aliphatic rings. The smallest absolute Gasteiger partial charge is 0.298 e. The quantitative estimate of drug-likeness (QED) is 0.654. The molecule has 9 heteroatoms. The van der Waals surface area contributed by atoms with Crippen molar-refractivity contribution in [2.24, 2.45) is 0 Å². The second-order valence-electron chi connectivity index (χ2n) is 5.64. The Kier molecular flexibility index (Phi) is 5.49. The molecule has 0 aliphatic carbocycles. The summed E-state index contributed by atoms with van der Waals surface area (Å²) in [4.78, 5) is 23.0. The molecule has 0 bridgehead atoms. The zero-order chi connectivity index (χ0) is 16.0. The second kappa shape index (κ2) is 7.25. The van der Waals surface area contributed by atoms with Crippen molar-refractivity contribution >= 4 is 47.9 Å². The number of hydrogen-bond acceptors (Lipinski definition) is 5. The van der Waals surface area contributed by atoms with Crippen molar-refractivity contribution in [1.29, 1.82) is 0 Å². The first kappa shape index (κ1) is 19.0. The Labute approximate surface area is 157 Å². The van der Waals surface area contributed by atoms with Gasteiger partial charge in [-0.15, -0.1) is 29.9 Å². The van der Waals surface area contributed by atoms with Gasteiger partial charge in [-0.1, -0.05) is 6.07 Å². The van der Waals surface area contributed by atoms with Crippen LogP contribution in [-0.2, 0) is 6.42 Å². The Morgan fingerprint density at radius 2 is 2.04 bits per heavy atom. The average Bonchev–Trinajstić information content (AvgIpc) is 3.00. The summed E-state index contributed by atoms with van der Waals surface area (Å²) >= 11 is 0. The highest BCUT2D eigenvalue weighted by molar-refractivity contribution is 6.05. The number of nitrogen functional groups attached to an aromatic ring is 1. The molecule has 3 aromatic rings. The summed E-state index contributed by atoms with van der Waals surface area (Å²) in [6.07, 6.45) is 3.41. The fraction of sp³-hybridized carbons (Fsp3) is 0.250. The average molecular weight is 381 g/mol. The van der Waals surface area contributed by atoms with E-state index in [2.05, 4.69) is 15.1 Å². The lowest BCUT2D eigenvalue weighted by Gasteiger charge is -2.29. The molecule has 7 nitrogen and oxygen atoms in total. The van der Waals surface area contributed by atoms with E-state index in [1.54, 1.807) is 15.6 Å². The van der Waals surface area contributed by atoms with Gasteiger partial charge in [0.25, 0.3) is 11.7 Å². The summed E-state index contributed by atoms with van der Waals surface area (Å²) < 4.78 is 1.58. The summed E-state index contributed by atoms with van der Waals surface area (Å²) in [5.74, 6) is 0.363.